The summed E-state index contributed by atoms with van der Waals surface area (Å²) < 4.78 is 65.5. The SMILES string of the molecule is Cc1cc(O)cc(F)c1C=O.FCCBr.O=Cc1c(F)cc(OCCF)cc1F. The molecule has 0 saturated heterocycles. The van der Waals surface area contributed by atoms with Gasteiger partial charge in [0.1, 0.15) is 42.2 Å². The zero-order valence-corrected chi connectivity index (χ0v) is 16.8. The minimum atomic E-state index is -1.02. The van der Waals surface area contributed by atoms with Crippen LogP contribution in [-0.4, -0.2) is 43.0 Å². The van der Waals surface area contributed by atoms with Crippen molar-refractivity contribution in [2.75, 3.05) is 25.3 Å². The second-order valence-electron chi connectivity index (χ2n) is 5.11. The van der Waals surface area contributed by atoms with Crippen LogP contribution in [0.5, 0.6) is 11.5 Å². The summed E-state index contributed by atoms with van der Waals surface area (Å²) in [7, 11) is 0. The molecule has 2 aromatic carbocycles. The van der Waals surface area contributed by atoms with Gasteiger partial charge in [-0.25, -0.2) is 17.6 Å². The van der Waals surface area contributed by atoms with Crippen LogP contribution >= 0.6 is 15.9 Å². The normalized spacial score (nSPS) is 9.48. The highest BCUT2D eigenvalue weighted by Gasteiger charge is 2.10. The first-order valence-electron chi connectivity index (χ1n) is 7.94. The van der Waals surface area contributed by atoms with Gasteiger partial charge in [-0.1, -0.05) is 15.9 Å². The topological polar surface area (TPSA) is 63.6 Å². The summed E-state index contributed by atoms with van der Waals surface area (Å²) in [5.74, 6) is -3.02. The van der Waals surface area contributed by atoms with Crippen LogP contribution in [0.1, 0.15) is 26.3 Å². The van der Waals surface area contributed by atoms with Crippen molar-refractivity contribution >= 4 is 28.5 Å². The monoisotopic (exact) mass is 484 g/mol. The Morgan fingerprint density at radius 1 is 0.931 bits per heavy atom. The van der Waals surface area contributed by atoms with Crippen LogP contribution in [0.4, 0.5) is 22.0 Å². The van der Waals surface area contributed by atoms with Crippen LogP contribution in [0.2, 0.25) is 0 Å². The number of rotatable bonds is 6. The number of carbonyl (C=O) groups is 2. The lowest BCUT2D eigenvalue weighted by molar-refractivity contribution is 0.110. The van der Waals surface area contributed by atoms with Crippen LogP contribution in [0.3, 0.4) is 0 Å². The molecule has 0 aliphatic rings. The maximum atomic E-state index is 12.9. The Bertz CT molecular complexity index is 754. The molecule has 0 unspecified atom stereocenters. The van der Waals surface area contributed by atoms with Crippen molar-refractivity contribution in [3.8, 4) is 11.5 Å². The Balaban J connectivity index is 0.000000466. The van der Waals surface area contributed by atoms with Crippen LogP contribution < -0.4 is 4.74 Å². The van der Waals surface area contributed by atoms with Crippen molar-refractivity contribution < 1.29 is 41.4 Å². The van der Waals surface area contributed by atoms with E-state index in [0.717, 1.165) is 18.2 Å². The maximum Gasteiger partial charge on any atom is 0.155 e. The lowest BCUT2D eigenvalue weighted by Crippen LogP contribution is -2.01. The van der Waals surface area contributed by atoms with Gasteiger partial charge in [0.05, 0.1) is 17.8 Å². The molecule has 2 aromatic rings. The van der Waals surface area contributed by atoms with Gasteiger partial charge in [0.15, 0.2) is 12.6 Å². The fraction of sp³-hybridized carbons (Fsp3) is 0.263. The molecule has 0 bridgehead atoms. The average molecular weight is 485 g/mol. The Morgan fingerprint density at radius 3 is 1.79 bits per heavy atom. The molecule has 0 atom stereocenters. The summed E-state index contributed by atoms with van der Waals surface area (Å²) in [6, 6.07) is 3.93. The van der Waals surface area contributed by atoms with E-state index in [2.05, 4.69) is 20.7 Å². The molecule has 0 aliphatic heterocycles. The number of alkyl halides is 3. The predicted molar refractivity (Wildman–Crippen MR) is 101 cm³/mol. The van der Waals surface area contributed by atoms with Gasteiger partial charge in [0.2, 0.25) is 0 Å². The van der Waals surface area contributed by atoms with E-state index in [1.54, 1.807) is 6.92 Å². The molecule has 0 fully saturated rings. The maximum absolute atomic E-state index is 12.9. The van der Waals surface area contributed by atoms with Crippen molar-refractivity contribution in [2.24, 2.45) is 0 Å². The number of phenolic OH excluding ortho intramolecular Hbond substituents is 1. The van der Waals surface area contributed by atoms with E-state index in [1.165, 1.54) is 6.07 Å². The van der Waals surface area contributed by atoms with E-state index in [4.69, 9.17) is 5.11 Å². The van der Waals surface area contributed by atoms with E-state index in [9.17, 15) is 31.5 Å². The van der Waals surface area contributed by atoms with Crippen molar-refractivity contribution in [3.05, 3.63) is 58.4 Å². The van der Waals surface area contributed by atoms with Crippen LogP contribution in [-0.2, 0) is 0 Å². The van der Waals surface area contributed by atoms with E-state index >= 15 is 0 Å². The molecule has 0 radical (unpaired) electrons. The highest BCUT2D eigenvalue weighted by atomic mass is 79.9. The highest BCUT2D eigenvalue weighted by molar-refractivity contribution is 9.09. The molecule has 0 aliphatic carbocycles. The summed E-state index contributed by atoms with van der Waals surface area (Å²) in [6.45, 7) is 0.268. The molecule has 160 valence electrons. The van der Waals surface area contributed by atoms with Gasteiger partial charge >= 0.3 is 0 Å². The number of halogens is 6. The molecular formula is C19H18BrF5O4. The summed E-state index contributed by atoms with van der Waals surface area (Å²) in [5.41, 5.74) is -0.210. The van der Waals surface area contributed by atoms with E-state index in [1.807, 2.05) is 0 Å². The summed E-state index contributed by atoms with van der Waals surface area (Å²) in [6.07, 6.45) is 0.508. The molecule has 0 heterocycles. The van der Waals surface area contributed by atoms with Crippen molar-refractivity contribution in [3.63, 3.8) is 0 Å². The number of carbonyl (C=O) groups excluding carboxylic acids is 2. The predicted octanol–water partition coefficient (Wildman–Crippen LogP) is 5.13. The molecule has 10 heteroatoms. The highest BCUT2D eigenvalue weighted by Crippen LogP contribution is 2.19. The van der Waals surface area contributed by atoms with Crippen LogP contribution in [0, 0.1) is 24.4 Å². The first kappa shape index (κ1) is 26.5. The van der Waals surface area contributed by atoms with Gasteiger partial charge in [0.25, 0.3) is 0 Å². The Kier molecular flexibility index (Phi) is 13.3. The summed E-state index contributed by atoms with van der Waals surface area (Å²) in [5, 5.41) is 9.32. The fourth-order valence-electron chi connectivity index (χ4n) is 1.80. The standard InChI is InChI=1S/C9H7F3O2.C8H7FO2.C2H4BrF/c10-1-2-14-6-3-8(11)7(5-13)9(12)4-6;1-5-2-6(11)3-8(9)7(5)4-10;3-1-2-4/h3-5H,1-2H2;2-4,11H,1H3;1-2H2. The fourth-order valence-corrected chi connectivity index (χ4v) is 1.80. The van der Waals surface area contributed by atoms with Gasteiger partial charge in [-0.2, -0.15) is 0 Å². The zero-order valence-electron chi connectivity index (χ0n) is 15.2. The zero-order chi connectivity index (χ0) is 22.4. The van der Waals surface area contributed by atoms with E-state index in [-0.39, 0.29) is 36.6 Å². The van der Waals surface area contributed by atoms with Gasteiger partial charge in [-0.05, 0) is 18.6 Å². The number of hydrogen-bond acceptors (Lipinski definition) is 4. The summed E-state index contributed by atoms with van der Waals surface area (Å²) >= 11 is 2.87. The van der Waals surface area contributed by atoms with Crippen LogP contribution in [0.15, 0.2) is 24.3 Å². The van der Waals surface area contributed by atoms with Crippen molar-refractivity contribution in [1.82, 2.24) is 0 Å². The quantitative estimate of drug-likeness (QED) is 0.350. The Labute approximate surface area is 172 Å². The second-order valence-corrected chi connectivity index (χ2v) is 5.90. The number of phenols is 1. The van der Waals surface area contributed by atoms with Gasteiger partial charge in [-0.15, -0.1) is 0 Å². The first-order valence-corrected chi connectivity index (χ1v) is 9.06. The largest absolute Gasteiger partial charge is 0.508 e. The molecule has 0 aromatic heterocycles. The molecule has 2 rings (SSSR count). The number of ether oxygens (including phenoxy) is 1. The van der Waals surface area contributed by atoms with Gasteiger partial charge < -0.3 is 9.84 Å². The van der Waals surface area contributed by atoms with Crippen molar-refractivity contribution in [1.29, 1.82) is 0 Å². The number of benzene rings is 2. The first-order chi connectivity index (χ1) is 13.7. The molecule has 0 saturated carbocycles. The Morgan fingerprint density at radius 2 is 1.41 bits per heavy atom. The number of aldehydes is 2. The third-order valence-corrected chi connectivity index (χ3v) is 3.33. The Hall–Kier alpha value is -2.49. The van der Waals surface area contributed by atoms with E-state index < -0.39 is 29.7 Å². The molecule has 4 nitrogen and oxygen atoms in total. The summed E-state index contributed by atoms with van der Waals surface area (Å²) in [4.78, 5) is 20.4. The number of aromatic hydroxyl groups is 1. The third kappa shape index (κ3) is 9.51. The van der Waals surface area contributed by atoms with Gasteiger partial charge in [-0.3, -0.25) is 14.0 Å². The number of hydrogen-bond donors (Lipinski definition) is 1. The van der Waals surface area contributed by atoms with Crippen molar-refractivity contribution in [2.45, 2.75) is 6.92 Å². The number of aryl methyl sites for hydroxylation is 1. The molecule has 0 amide bonds. The molecular weight excluding hydrogens is 467 g/mol. The van der Waals surface area contributed by atoms with Gasteiger partial charge in [0, 0.05) is 23.5 Å². The molecule has 0 spiro atoms. The van der Waals surface area contributed by atoms with Crippen LogP contribution in [0.25, 0.3) is 0 Å². The minimum Gasteiger partial charge on any atom is -0.508 e. The third-order valence-electron chi connectivity index (χ3n) is 3.03. The molecule has 29 heavy (non-hydrogen) atoms. The smallest absolute Gasteiger partial charge is 0.155 e. The lowest BCUT2D eigenvalue weighted by Gasteiger charge is -2.05. The average Bonchev–Trinajstić information content (AvgIpc) is 2.66. The minimum absolute atomic E-state index is 0.00259. The second kappa shape index (κ2) is 14.5. The van der Waals surface area contributed by atoms with E-state index in [0.29, 0.717) is 17.2 Å². The lowest BCUT2D eigenvalue weighted by atomic mass is 10.1. The molecule has 1 N–H and O–H groups in total.